The van der Waals surface area contributed by atoms with E-state index in [0.717, 1.165) is 26.9 Å². The molecule has 0 saturated heterocycles. The van der Waals surface area contributed by atoms with Crippen LogP contribution in [0.5, 0.6) is 0 Å². The van der Waals surface area contributed by atoms with Crippen LogP contribution < -0.4 is 0 Å². The van der Waals surface area contributed by atoms with Crippen molar-refractivity contribution >= 4 is 33.0 Å². The summed E-state index contributed by atoms with van der Waals surface area (Å²) in [6.07, 6.45) is 0. The predicted molar refractivity (Wildman–Crippen MR) is 132 cm³/mol. The van der Waals surface area contributed by atoms with Gasteiger partial charge in [-0.3, -0.25) is 14.9 Å². The second-order valence-corrected chi connectivity index (χ2v) is 11.2. The lowest BCUT2D eigenvalue weighted by atomic mass is 10.2. The zero-order valence-electron chi connectivity index (χ0n) is 19.5. The van der Waals surface area contributed by atoms with Gasteiger partial charge in [0.25, 0.3) is 5.69 Å². The molecule has 0 spiro atoms. The Labute approximate surface area is 207 Å². The van der Waals surface area contributed by atoms with E-state index in [2.05, 4.69) is 0 Å². The van der Waals surface area contributed by atoms with E-state index >= 15 is 0 Å². The third-order valence-corrected chi connectivity index (χ3v) is 8.51. The fourth-order valence-corrected chi connectivity index (χ4v) is 5.94. The highest BCUT2D eigenvalue weighted by molar-refractivity contribution is 7.89. The van der Waals surface area contributed by atoms with E-state index in [0.29, 0.717) is 5.56 Å². The molecule has 0 unspecified atom stereocenters. The summed E-state index contributed by atoms with van der Waals surface area (Å²) in [5.41, 5.74) is 1.50. The van der Waals surface area contributed by atoms with Crippen molar-refractivity contribution in [3.05, 3.63) is 91.9 Å². The van der Waals surface area contributed by atoms with Crippen LogP contribution >= 0.6 is 11.3 Å². The molecule has 0 N–H and O–H groups in total. The lowest BCUT2D eigenvalue weighted by Gasteiger charge is -2.29. The van der Waals surface area contributed by atoms with Gasteiger partial charge in [0, 0.05) is 29.6 Å². The summed E-state index contributed by atoms with van der Waals surface area (Å²) in [4.78, 5) is 26.1. The van der Waals surface area contributed by atoms with Gasteiger partial charge in [-0.2, -0.15) is 4.31 Å². The maximum absolute atomic E-state index is 13.4. The molecule has 1 aromatic heterocycles. The van der Waals surface area contributed by atoms with Gasteiger partial charge in [0.1, 0.15) is 5.82 Å². The summed E-state index contributed by atoms with van der Waals surface area (Å²) in [6.45, 7) is 5.30. The second-order valence-electron chi connectivity index (χ2n) is 8.30. The van der Waals surface area contributed by atoms with Crippen LogP contribution in [-0.4, -0.2) is 41.0 Å². The van der Waals surface area contributed by atoms with E-state index in [1.165, 1.54) is 35.6 Å². The van der Waals surface area contributed by atoms with E-state index in [9.17, 15) is 27.7 Å². The number of non-ortho nitro benzene ring substituents is 1. The van der Waals surface area contributed by atoms with Crippen molar-refractivity contribution in [2.45, 2.75) is 44.8 Å². The summed E-state index contributed by atoms with van der Waals surface area (Å²) in [5, 5.41) is 12.8. The molecule has 3 aromatic rings. The van der Waals surface area contributed by atoms with Crippen LogP contribution in [0.2, 0.25) is 0 Å². The summed E-state index contributed by atoms with van der Waals surface area (Å²) in [7, 11) is -4.10. The predicted octanol–water partition coefficient (Wildman–Crippen LogP) is 4.73. The first-order valence-corrected chi connectivity index (χ1v) is 13.1. The number of halogens is 1. The number of carbonyl (C=O) groups is 1. The summed E-state index contributed by atoms with van der Waals surface area (Å²) in [6, 6.07) is 11.8. The molecular formula is C24H26FN3O5S2. The molecule has 0 radical (unpaired) electrons. The molecule has 0 bridgehead atoms. The van der Waals surface area contributed by atoms with Gasteiger partial charge >= 0.3 is 0 Å². The van der Waals surface area contributed by atoms with Crippen molar-refractivity contribution in [1.29, 1.82) is 0 Å². The number of benzene rings is 2. The number of nitro groups is 1. The Kier molecular flexibility index (Phi) is 8.36. The first-order valence-electron chi connectivity index (χ1n) is 10.8. The number of hydrogen-bond donors (Lipinski definition) is 0. The van der Waals surface area contributed by atoms with E-state index in [1.807, 2.05) is 18.4 Å². The maximum Gasteiger partial charge on any atom is 0.269 e. The van der Waals surface area contributed by atoms with Crippen LogP contribution in [0.25, 0.3) is 0 Å². The van der Waals surface area contributed by atoms with Crippen LogP contribution in [-0.2, 0) is 27.9 Å². The highest BCUT2D eigenvalue weighted by Crippen LogP contribution is 2.23. The third-order valence-electron chi connectivity index (χ3n) is 5.46. The molecule has 1 heterocycles. The second kappa shape index (κ2) is 11.1. The van der Waals surface area contributed by atoms with E-state index < -0.39 is 33.4 Å². The van der Waals surface area contributed by atoms with E-state index in [-0.39, 0.29) is 29.5 Å². The Morgan fingerprint density at radius 1 is 1.06 bits per heavy atom. The minimum absolute atomic E-state index is 0.135. The number of sulfonamides is 1. The quantitative estimate of drug-likeness (QED) is 0.285. The Bertz CT molecular complexity index is 1290. The summed E-state index contributed by atoms with van der Waals surface area (Å²) >= 11 is 1.50. The Balaban J connectivity index is 1.88. The largest absolute Gasteiger partial charge is 0.332 e. The number of carbonyl (C=O) groups excluding carboxylic acids is 1. The number of nitrogens with zero attached hydrogens (tertiary/aromatic N) is 3. The Morgan fingerprint density at radius 2 is 1.69 bits per heavy atom. The maximum atomic E-state index is 13.4. The van der Waals surface area contributed by atoms with Gasteiger partial charge in [0.2, 0.25) is 15.9 Å². The van der Waals surface area contributed by atoms with Gasteiger partial charge in [-0.25, -0.2) is 12.8 Å². The monoisotopic (exact) mass is 519 g/mol. The lowest BCUT2D eigenvalue weighted by Crippen LogP contribution is -2.45. The van der Waals surface area contributed by atoms with Crippen LogP contribution in [0, 0.1) is 22.9 Å². The zero-order chi connectivity index (χ0) is 25.8. The molecule has 8 nitrogen and oxygen atoms in total. The van der Waals surface area contributed by atoms with Gasteiger partial charge in [0.05, 0.1) is 22.9 Å². The Hall–Kier alpha value is -3.15. The van der Waals surface area contributed by atoms with Crippen molar-refractivity contribution in [3.63, 3.8) is 0 Å². The topological polar surface area (TPSA) is 101 Å². The van der Waals surface area contributed by atoms with Crippen LogP contribution in [0.15, 0.2) is 64.9 Å². The molecule has 1 amide bonds. The molecule has 35 heavy (non-hydrogen) atoms. The SMILES string of the molecule is Cc1ccsc1CN(Cc1ccc(F)cc1)C(=O)CN(C(C)C)S(=O)(=O)c1ccc([N+](=O)[O-])cc1. The molecule has 0 aliphatic rings. The number of rotatable bonds is 10. The van der Waals surface area contributed by atoms with Crippen molar-refractivity contribution < 1.29 is 22.5 Å². The summed E-state index contributed by atoms with van der Waals surface area (Å²) < 4.78 is 41.1. The fourth-order valence-electron chi connectivity index (χ4n) is 3.44. The van der Waals surface area contributed by atoms with Crippen LogP contribution in [0.1, 0.15) is 29.9 Å². The molecule has 0 atom stereocenters. The van der Waals surface area contributed by atoms with Crippen molar-refractivity contribution in [2.24, 2.45) is 0 Å². The third kappa shape index (κ3) is 6.50. The highest BCUT2D eigenvalue weighted by Gasteiger charge is 2.31. The average Bonchev–Trinajstić information content (AvgIpc) is 3.22. The molecular weight excluding hydrogens is 493 g/mol. The lowest BCUT2D eigenvalue weighted by molar-refractivity contribution is -0.384. The zero-order valence-corrected chi connectivity index (χ0v) is 21.2. The molecule has 3 rings (SSSR count). The number of thiophene rings is 1. The molecule has 0 saturated carbocycles. The first kappa shape index (κ1) is 26.5. The van der Waals surface area contributed by atoms with Crippen LogP contribution in [0.4, 0.5) is 10.1 Å². The van der Waals surface area contributed by atoms with Gasteiger partial charge < -0.3 is 4.90 Å². The van der Waals surface area contributed by atoms with E-state index in [1.54, 1.807) is 30.9 Å². The minimum atomic E-state index is -4.10. The average molecular weight is 520 g/mol. The van der Waals surface area contributed by atoms with Gasteiger partial charge in [0.15, 0.2) is 0 Å². The molecule has 0 aliphatic heterocycles. The normalized spacial score (nSPS) is 11.7. The number of aryl methyl sites for hydroxylation is 1. The van der Waals surface area contributed by atoms with Gasteiger partial charge in [-0.1, -0.05) is 12.1 Å². The van der Waals surface area contributed by atoms with Gasteiger partial charge in [-0.05, 0) is 67.6 Å². The van der Waals surface area contributed by atoms with Crippen molar-refractivity contribution in [1.82, 2.24) is 9.21 Å². The summed E-state index contributed by atoms with van der Waals surface area (Å²) in [5.74, 6) is -0.804. The fraction of sp³-hybridized carbons (Fsp3) is 0.292. The molecule has 0 aliphatic carbocycles. The molecule has 0 fully saturated rings. The molecule has 186 valence electrons. The van der Waals surface area contributed by atoms with Crippen molar-refractivity contribution in [3.8, 4) is 0 Å². The molecule has 11 heteroatoms. The standard InChI is InChI=1S/C24H26FN3O5S2/c1-17(2)27(35(32,33)22-10-8-21(9-11-22)28(30)31)16-24(29)26(15-23-18(3)12-13-34-23)14-19-4-6-20(25)7-5-19/h4-13,17H,14-16H2,1-3H3. The minimum Gasteiger partial charge on any atom is -0.332 e. The highest BCUT2D eigenvalue weighted by atomic mass is 32.2. The smallest absolute Gasteiger partial charge is 0.269 e. The van der Waals surface area contributed by atoms with Crippen LogP contribution in [0.3, 0.4) is 0 Å². The van der Waals surface area contributed by atoms with E-state index in [4.69, 9.17) is 0 Å². The first-order chi connectivity index (χ1) is 16.5. The van der Waals surface area contributed by atoms with Crippen molar-refractivity contribution in [2.75, 3.05) is 6.54 Å². The number of hydrogen-bond acceptors (Lipinski definition) is 6. The Morgan fingerprint density at radius 3 is 2.20 bits per heavy atom. The number of amides is 1. The molecule has 2 aromatic carbocycles. The number of nitro benzene ring substituents is 1. The van der Waals surface area contributed by atoms with Gasteiger partial charge in [-0.15, -0.1) is 11.3 Å².